The molecule has 0 aromatic carbocycles. The van der Waals surface area contributed by atoms with Crippen LogP contribution < -0.4 is 48.0 Å². The molecule has 5 heavy (non-hydrogen) atoms. The van der Waals surface area contributed by atoms with Crippen molar-refractivity contribution in [3.63, 3.8) is 0 Å². The number of carbonyl (C=O) groups excluding carboxylic acids is 1. The molecular weight excluding hydrogens is 477 g/mol. The Hall–Kier alpha value is 1.82. The predicted molar refractivity (Wildman–Crippen MR) is 5.69 cm³/mol. The normalized spacial score (nSPS) is 0.800. The molecule has 0 N–H and O–H groups in total. The molecule has 0 aliphatic carbocycles. The van der Waals surface area contributed by atoms with Gasteiger partial charge in [-0.05, 0) is 0 Å². The van der Waals surface area contributed by atoms with Gasteiger partial charge in [-0.1, -0.05) is 0 Å². The molecule has 0 aromatic rings. The van der Waals surface area contributed by atoms with Gasteiger partial charge in [0.1, 0.15) is 0 Å². The number of rotatable bonds is 0. The van der Waals surface area contributed by atoms with Crippen LogP contribution in [0, 0.1) is 0 Å². The van der Waals surface area contributed by atoms with E-state index in [9.17, 15) is 0 Å². The maximum absolute atomic E-state index is 7.50. The maximum Gasteiger partial charge on any atom is 2.00 e. The van der Waals surface area contributed by atoms with Crippen LogP contribution in [0.25, 0.3) is 0 Å². The van der Waals surface area contributed by atoms with Crippen molar-refractivity contribution in [1.29, 1.82) is 0 Å². The molecule has 0 saturated carbocycles. The van der Waals surface area contributed by atoms with Crippen molar-refractivity contribution in [2.75, 3.05) is 0 Å². The van der Waals surface area contributed by atoms with E-state index in [0.29, 0.717) is 0 Å². The first-order valence-electron chi connectivity index (χ1n) is 0.204. The van der Waals surface area contributed by atoms with E-state index in [1.165, 1.54) is 0 Å². The molecule has 0 heterocycles. The second kappa shape index (κ2) is 40.9. The molecule has 1 nitrogen and oxygen atoms in total. The van der Waals surface area contributed by atoms with Crippen LogP contribution in [0.3, 0.4) is 0 Å². The second-order valence-electron chi connectivity index (χ2n) is 0. The fourth-order valence-corrected chi connectivity index (χ4v) is 0. The van der Waals surface area contributed by atoms with Gasteiger partial charge < -0.3 is 48.0 Å². The number of halogens is 2. The van der Waals surface area contributed by atoms with E-state index in [2.05, 4.69) is 6.79 Å². The summed E-state index contributed by atoms with van der Waals surface area (Å²) in [5, 5.41) is 0. The Morgan fingerprint density at radius 2 is 1.00 bits per heavy atom. The Labute approximate surface area is 79.6 Å². The third-order valence-corrected chi connectivity index (χ3v) is 0. The summed E-state index contributed by atoms with van der Waals surface area (Å²) in [7, 11) is 0. The molecule has 0 atom stereocenters. The first kappa shape index (κ1) is 29.1. The summed E-state index contributed by atoms with van der Waals surface area (Å²) in [6, 6.07) is 0. The van der Waals surface area contributed by atoms with Gasteiger partial charge in [0.05, 0.1) is 0 Å². The molecule has 0 aliphatic heterocycles. The molecule has 0 fully saturated rings. The van der Waals surface area contributed by atoms with Crippen molar-refractivity contribution in [2.45, 2.75) is 0 Å². The minimum absolute atomic E-state index is 0. The van der Waals surface area contributed by atoms with Gasteiger partial charge >= 0.3 is 21.1 Å². The standard InChI is InChI=1S/CO.2HI.Pt/c1-2;;;/h;2*1H;/q;;;+2/p-2. The van der Waals surface area contributed by atoms with E-state index in [-0.39, 0.29) is 69.0 Å². The summed E-state index contributed by atoms with van der Waals surface area (Å²) in [5.74, 6) is 0. The maximum atomic E-state index is 7.50. The van der Waals surface area contributed by atoms with Gasteiger partial charge in [-0.3, -0.25) is 4.79 Å². The summed E-state index contributed by atoms with van der Waals surface area (Å²) in [6.45, 7) is 4.50. The summed E-state index contributed by atoms with van der Waals surface area (Å²) in [5.41, 5.74) is 0. The molecule has 34 valence electrons. The van der Waals surface area contributed by atoms with Gasteiger partial charge in [-0.25, -0.2) is 0 Å². The SMILES string of the molecule is [C]=O.[I-].[I-].[Pt+2]. The van der Waals surface area contributed by atoms with E-state index in [1.54, 1.807) is 0 Å². The van der Waals surface area contributed by atoms with E-state index >= 15 is 0 Å². The van der Waals surface area contributed by atoms with Crippen molar-refractivity contribution in [2.24, 2.45) is 0 Å². The zero-order valence-electron chi connectivity index (χ0n) is 1.98. The Balaban J connectivity index is -0.00000000167. The van der Waals surface area contributed by atoms with Crippen LogP contribution in [0.1, 0.15) is 0 Å². The quantitative estimate of drug-likeness (QED) is 0.318. The van der Waals surface area contributed by atoms with Crippen LogP contribution >= 0.6 is 0 Å². The zero-order valence-corrected chi connectivity index (χ0v) is 8.57. The fourth-order valence-electron chi connectivity index (χ4n) is 0. The minimum atomic E-state index is 0. The Bertz CT molecular complexity index is 9.61. The van der Waals surface area contributed by atoms with Gasteiger partial charge in [-0.15, -0.1) is 0 Å². The van der Waals surface area contributed by atoms with Gasteiger partial charge in [-0.2, -0.15) is 0 Å². The van der Waals surface area contributed by atoms with Crippen LogP contribution in [0.2, 0.25) is 0 Å². The number of hydrogen-bond acceptors (Lipinski definition) is 1. The van der Waals surface area contributed by atoms with Crippen LogP contribution in [0.15, 0.2) is 0 Å². The van der Waals surface area contributed by atoms with Gasteiger partial charge in [0.15, 0.2) is 0 Å². The van der Waals surface area contributed by atoms with Gasteiger partial charge in [0, 0.05) is 0 Å². The van der Waals surface area contributed by atoms with Gasteiger partial charge in [0.25, 0.3) is 6.79 Å². The van der Waals surface area contributed by atoms with Crippen molar-refractivity contribution in [3.05, 3.63) is 0 Å². The topological polar surface area (TPSA) is 17.1 Å². The van der Waals surface area contributed by atoms with Crippen LogP contribution in [-0.2, 0) is 25.9 Å². The van der Waals surface area contributed by atoms with Crippen LogP contribution in [0.4, 0.5) is 0 Å². The van der Waals surface area contributed by atoms with Crippen molar-refractivity contribution in [1.82, 2.24) is 0 Å². The molecule has 0 amide bonds. The Morgan fingerprint density at radius 1 is 1.00 bits per heavy atom. The summed E-state index contributed by atoms with van der Waals surface area (Å²) >= 11 is 0. The summed E-state index contributed by atoms with van der Waals surface area (Å²) in [6.07, 6.45) is 0. The summed E-state index contributed by atoms with van der Waals surface area (Å²) < 4.78 is 0. The molecule has 2 radical (unpaired) electrons. The molecule has 0 saturated heterocycles. The summed E-state index contributed by atoms with van der Waals surface area (Å²) in [4.78, 5) is 7.50. The molecular formula is CI2OPt. The monoisotopic (exact) mass is 477 g/mol. The molecule has 0 spiro atoms. The third kappa shape index (κ3) is 25.7. The Kier molecular flexibility index (Phi) is 237. The van der Waals surface area contributed by atoms with E-state index in [0.717, 1.165) is 0 Å². The van der Waals surface area contributed by atoms with E-state index < -0.39 is 0 Å². The zero-order chi connectivity index (χ0) is 2.00. The molecule has 0 bridgehead atoms. The first-order chi connectivity index (χ1) is 1.00. The van der Waals surface area contributed by atoms with Crippen molar-refractivity contribution in [3.8, 4) is 0 Å². The number of hydrogen-bond donors (Lipinski definition) is 0. The first-order valence-corrected chi connectivity index (χ1v) is 0.204. The molecule has 0 rings (SSSR count). The molecule has 0 aliphatic rings. The average molecular weight is 477 g/mol. The van der Waals surface area contributed by atoms with Crippen molar-refractivity contribution < 1.29 is 73.8 Å². The molecule has 0 unspecified atom stereocenters. The average Bonchev–Trinajstić information content (AvgIpc) is 1.00. The van der Waals surface area contributed by atoms with Gasteiger partial charge in [0.2, 0.25) is 0 Å². The molecule has 0 aromatic heterocycles. The van der Waals surface area contributed by atoms with E-state index in [1.807, 2.05) is 0 Å². The van der Waals surface area contributed by atoms with E-state index in [4.69, 9.17) is 4.79 Å². The van der Waals surface area contributed by atoms with Crippen LogP contribution in [-0.4, -0.2) is 6.79 Å². The second-order valence-corrected chi connectivity index (χ2v) is 0. The smallest absolute Gasteiger partial charge is 1.00 e. The third-order valence-electron chi connectivity index (χ3n) is 0. The van der Waals surface area contributed by atoms with Crippen LogP contribution in [0.5, 0.6) is 0 Å². The molecule has 4 heteroatoms. The largest absolute Gasteiger partial charge is 2.00 e. The van der Waals surface area contributed by atoms with Crippen molar-refractivity contribution >= 4 is 6.79 Å². The minimum Gasteiger partial charge on any atom is -1.00 e. The predicted octanol–water partition coefficient (Wildman–Crippen LogP) is -6.39. The fraction of sp³-hybridized carbons (Fsp3) is 0. The Morgan fingerprint density at radius 3 is 1.00 bits per heavy atom.